The third kappa shape index (κ3) is 15.7. The van der Waals surface area contributed by atoms with Gasteiger partial charge in [0, 0.05) is 148 Å². The quantitative estimate of drug-likeness (QED) is 0.0177. The van der Waals surface area contributed by atoms with Crippen LogP contribution in [0.2, 0.25) is 0 Å². The number of ether oxygens (including phenoxy) is 8. The molecule has 0 aliphatic carbocycles. The lowest BCUT2D eigenvalue weighted by Gasteiger charge is -2.39. The SMILES string of the molecule is CC(C(=O)N1CCN(CCN(CC2CO2)CC2CO2)CC1)N1C(=O)c2cc(Oc3cccc(-c4ccccc4)c3)c3c4c(Oc5cccc(-c6ccccc6)c5)cc5c6c(cc(Oc7cccc(-c8ccccc8)c7)c(c7c(Oc8cccc(-c9ccccc9)c8)cc(c2c37)C1=O)c64)C(=O)N(C(C)C(=O)N1CCN(CCN(CC2CO2)CC2CO2)CC1)C5=O. The van der Waals surface area contributed by atoms with Gasteiger partial charge in [0.1, 0.15) is 58.1 Å². The maximum absolute atomic E-state index is 16.7. The van der Waals surface area contributed by atoms with E-state index in [0.29, 0.717) is 108 Å². The maximum Gasteiger partial charge on any atom is 0.262 e. The van der Waals surface area contributed by atoms with Crippen LogP contribution in [0.1, 0.15) is 55.3 Å². The molecule has 6 saturated heterocycles. The number of imide groups is 2. The number of hydrogen-bond acceptors (Lipinski definition) is 18. The number of nitrogens with zero attached hydrogens (tertiary/aromatic N) is 8. The van der Waals surface area contributed by atoms with Crippen molar-refractivity contribution in [3.05, 3.63) is 265 Å². The molecule has 6 amide bonds. The first-order valence-electron chi connectivity index (χ1n) is 43.1. The Balaban J connectivity index is 0.771. The second kappa shape index (κ2) is 33.2. The summed E-state index contributed by atoms with van der Waals surface area (Å²) in [6, 6.07) is 74.0. The zero-order chi connectivity index (χ0) is 83.8. The molecule has 22 heteroatoms. The molecule has 0 radical (unpaired) electrons. The first-order valence-corrected chi connectivity index (χ1v) is 43.1. The highest BCUT2D eigenvalue weighted by Gasteiger charge is 2.47. The van der Waals surface area contributed by atoms with Crippen LogP contribution in [-0.4, -0.2) is 242 Å². The first-order chi connectivity index (χ1) is 60.7. The number of amides is 6. The fourth-order valence-corrected chi connectivity index (χ4v) is 18.6. The molecule has 21 rings (SSSR count). The van der Waals surface area contributed by atoms with Gasteiger partial charge in [0.2, 0.25) is 11.8 Å². The summed E-state index contributed by atoms with van der Waals surface area (Å²) in [5, 5.41) is 2.25. The predicted octanol–water partition coefficient (Wildman–Crippen LogP) is 16.0. The van der Waals surface area contributed by atoms with Crippen LogP contribution < -0.4 is 18.9 Å². The fraction of sp³-hybridized carbons (Fsp3) is 0.275. The monoisotopic (exact) mass is 1650 g/mol. The molecule has 8 heterocycles. The highest BCUT2D eigenvalue weighted by atomic mass is 16.6. The molecule has 8 aliphatic heterocycles. The van der Waals surface area contributed by atoms with E-state index in [2.05, 4.69) is 19.6 Å². The lowest BCUT2D eigenvalue weighted by atomic mass is 9.80. The molecule has 0 bridgehead atoms. The standard InChI is InChI=1S/C102H92N8O14/c1-63(97(111)107-43-39-103(40-44-107)35-37-105(55-77-59-117-77)56-78-60-118-78)109-99(113)81-51-85(121-73-31-15-27-69(47-73)65-19-7-3-8-20-65)91-93-87(123-75-33-17-29-71(49-75)67-23-11-5-12-24-67)53-83-90-84(102(116)110(101(83)115)64(2)98(112)108-45-41-104(42-46-108)36-38-106(57-79-61-119-79)58-80-62-120-80)54-88(124-76-34-18-30-72(50-76)68-25-13-6-14-26-68)94(96(90)93)92-86(52-82(100(109)114)89(81)95(91)92)122-74-32-16-28-70(48-74)66-21-9-4-10-22-66/h3-34,47-54,63-64,77-80H,35-46,55-62H2,1-2H3. The summed E-state index contributed by atoms with van der Waals surface area (Å²) in [5.41, 5.74) is 7.06. The molecule has 22 nitrogen and oxygen atoms in total. The van der Waals surface area contributed by atoms with E-state index in [4.69, 9.17) is 37.9 Å². The Labute approximate surface area is 717 Å². The molecule has 6 fully saturated rings. The van der Waals surface area contributed by atoms with Crippen LogP contribution in [0.3, 0.4) is 0 Å². The minimum Gasteiger partial charge on any atom is -0.457 e. The number of fused-ring (bicyclic) bond motifs is 2. The van der Waals surface area contributed by atoms with Crippen molar-refractivity contribution in [3.63, 3.8) is 0 Å². The summed E-state index contributed by atoms with van der Waals surface area (Å²) in [7, 11) is 0. The second-order valence-electron chi connectivity index (χ2n) is 33.7. The molecule has 0 N–H and O–H groups in total. The van der Waals surface area contributed by atoms with Crippen molar-refractivity contribution in [2.75, 3.05) is 131 Å². The van der Waals surface area contributed by atoms with Crippen molar-refractivity contribution in [3.8, 4) is 90.5 Å². The summed E-state index contributed by atoms with van der Waals surface area (Å²) in [4.78, 5) is 113. The van der Waals surface area contributed by atoms with E-state index in [0.717, 1.165) is 133 Å². The fourth-order valence-electron chi connectivity index (χ4n) is 18.6. The second-order valence-corrected chi connectivity index (χ2v) is 33.7. The van der Waals surface area contributed by atoms with Crippen molar-refractivity contribution in [1.82, 2.24) is 39.2 Å². The van der Waals surface area contributed by atoms with Crippen LogP contribution in [0.15, 0.2) is 243 Å². The van der Waals surface area contributed by atoms with Gasteiger partial charge in [-0.05, 0) is 131 Å². The normalized spacial score (nSPS) is 19.2. The van der Waals surface area contributed by atoms with E-state index in [1.54, 1.807) is 47.9 Å². The van der Waals surface area contributed by atoms with E-state index in [1.165, 1.54) is 0 Å². The van der Waals surface area contributed by atoms with Crippen molar-refractivity contribution >= 4 is 78.5 Å². The van der Waals surface area contributed by atoms with Gasteiger partial charge >= 0.3 is 0 Å². The topological polar surface area (TPSA) is 215 Å². The van der Waals surface area contributed by atoms with Crippen molar-refractivity contribution in [2.45, 2.75) is 50.3 Å². The number of epoxide rings is 4. The Bertz CT molecular complexity index is 5620. The van der Waals surface area contributed by atoms with Gasteiger partial charge in [-0.3, -0.25) is 58.2 Å². The van der Waals surface area contributed by atoms with Gasteiger partial charge in [0.25, 0.3) is 23.6 Å². The van der Waals surface area contributed by atoms with Crippen LogP contribution in [0.4, 0.5) is 0 Å². The van der Waals surface area contributed by atoms with Crippen LogP contribution in [0, 0.1) is 0 Å². The van der Waals surface area contributed by atoms with Gasteiger partial charge in [-0.15, -0.1) is 0 Å². The molecule has 8 aliphatic rings. The zero-order valence-corrected chi connectivity index (χ0v) is 69.0. The molecule has 13 aromatic rings. The zero-order valence-electron chi connectivity index (χ0n) is 69.0. The summed E-state index contributed by atoms with van der Waals surface area (Å²) < 4.78 is 52.7. The number of piperazine rings is 2. The Kier molecular flexibility index (Phi) is 21.0. The Hall–Kier alpha value is -12.7. The number of carbonyl (C=O) groups is 6. The third-order valence-electron chi connectivity index (χ3n) is 25.4. The molecular formula is C102H92N8O14. The van der Waals surface area contributed by atoms with E-state index in [1.807, 2.05) is 218 Å². The van der Waals surface area contributed by atoms with E-state index in [-0.39, 0.29) is 80.4 Å². The molecule has 6 atom stereocenters. The average molecular weight is 1650 g/mol. The number of hydrogen-bond donors (Lipinski definition) is 0. The lowest BCUT2D eigenvalue weighted by molar-refractivity contribution is -0.137. The van der Waals surface area contributed by atoms with E-state index >= 15 is 28.8 Å². The molecule has 0 saturated carbocycles. The van der Waals surface area contributed by atoms with E-state index < -0.39 is 47.5 Å². The Morgan fingerprint density at radius 3 is 0.798 bits per heavy atom. The molecule has 124 heavy (non-hydrogen) atoms. The smallest absolute Gasteiger partial charge is 0.262 e. The third-order valence-corrected chi connectivity index (χ3v) is 25.4. The minimum absolute atomic E-state index is 0.0419. The molecular weight excluding hydrogens is 1560 g/mol. The summed E-state index contributed by atoms with van der Waals surface area (Å²) >= 11 is 0. The van der Waals surface area contributed by atoms with Crippen LogP contribution >= 0.6 is 0 Å². The van der Waals surface area contributed by atoms with Crippen LogP contribution in [0.5, 0.6) is 46.0 Å². The molecule has 13 aromatic carbocycles. The van der Waals surface area contributed by atoms with Gasteiger partial charge in [0.15, 0.2) is 0 Å². The van der Waals surface area contributed by atoms with Crippen molar-refractivity contribution in [1.29, 1.82) is 0 Å². The average Bonchev–Trinajstić information content (AvgIpc) is 1.50. The molecule has 0 spiro atoms. The van der Waals surface area contributed by atoms with E-state index in [9.17, 15) is 0 Å². The van der Waals surface area contributed by atoms with Crippen molar-refractivity contribution < 1.29 is 66.7 Å². The van der Waals surface area contributed by atoms with Gasteiger partial charge < -0.3 is 47.7 Å². The molecule has 6 unspecified atom stereocenters. The Morgan fingerprint density at radius 1 is 0.315 bits per heavy atom. The highest BCUT2D eigenvalue weighted by Crippen LogP contribution is 2.59. The van der Waals surface area contributed by atoms with Gasteiger partial charge in [-0.1, -0.05) is 170 Å². The largest absolute Gasteiger partial charge is 0.457 e. The summed E-state index contributed by atoms with van der Waals surface area (Å²) in [6.07, 6.45) is 0.923. The number of benzene rings is 13. The predicted molar refractivity (Wildman–Crippen MR) is 473 cm³/mol. The van der Waals surface area contributed by atoms with Crippen molar-refractivity contribution in [2.24, 2.45) is 0 Å². The first kappa shape index (κ1) is 78.5. The van der Waals surface area contributed by atoms with Gasteiger partial charge in [-0.2, -0.15) is 0 Å². The maximum atomic E-state index is 16.7. The summed E-state index contributed by atoms with van der Waals surface area (Å²) in [6.45, 7) is 16.6. The lowest BCUT2D eigenvalue weighted by Crippen LogP contribution is -2.57. The molecule has 0 aromatic heterocycles. The van der Waals surface area contributed by atoms with Gasteiger partial charge in [0.05, 0.1) is 73.1 Å². The van der Waals surface area contributed by atoms with Crippen LogP contribution in [0.25, 0.3) is 87.6 Å². The highest BCUT2D eigenvalue weighted by molar-refractivity contribution is 6.45. The summed E-state index contributed by atoms with van der Waals surface area (Å²) in [5.74, 6) is -1.92. The Morgan fingerprint density at radius 2 is 0.556 bits per heavy atom. The molecule has 624 valence electrons. The van der Waals surface area contributed by atoms with Crippen LogP contribution in [-0.2, 0) is 28.5 Å². The number of carbonyl (C=O) groups excluding carboxylic acids is 6. The van der Waals surface area contributed by atoms with Gasteiger partial charge in [-0.25, -0.2) is 0 Å². The minimum atomic E-state index is -1.31. The number of rotatable bonds is 30.